The summed E-state index contributed by atoms with van der Waals surface area (Å²) in [6.45, 7) is 0. The molecule has 5 nitrogen and oxygen atoms in total. The monoisotopic (exact) mass is 163 g/mol. The van der Waals surface area contributed by atoms with Crippen molar-refractivity contribution < 1.29 is 4.92 Å². The van der Waals surface area contributed by atoms with Crippen molar-refractivity contribution in [1.82, 2.24) is 4.98 Å². The standard InChI is InChI=1S/C7H5N3O2/c1-2-5-3-4-6(10(11)12)7(8)9-5/h1,3-4H,(H2,8,9). The molecule has 0 amide bonds. The number of terminal acetylenes is 1. The molecule has 0 saturated carbocycles. The third kappa shape index (κ3) is 1.32. The molecule has 1 heterocycles. The molecule has 0 bridgehead atoms. The van der Waals surface area contributed by atoms with Crippen molar-refractivity contribution in [3.8, 4) is 12.3 Å². The van der Waals surface area contributed by atoms with Crippen LogP contribution in [-0.4, -0.2) is 9.91 Å². The summed E-state index contributed by atoms with van der Waals surface area (Å²) in [5.41, 5.74) is 5.31. The van der Waals surface area contributed by atoms with Crippen LogP contribution in [0.1, 0.15) is 5.69 Å². The molecule has 0 unspecified atom stereocenters. The van der Waals surface area contributed by atoms with E-state index in [1.54, 1.807) is 0 Å². The molecule has 12 heavy (non-hydrogen) atoms. The third-order valence-corrected chi connectivity index (χ3v) is 1.25. The van der Waals surface area contributed by atoms with E-state index in [9.17, 15) is 10.1 Å². The molecule has 0 radical (unpaired) electrons. The molecule has 0 atom stereocenters. The summed E-state index contributed by atoms with van der Waals surface area (Å²) in [6, 6.07) is 2.60. The lowest BCUT2D eigenvalue weighted by Crippen LogP contribution is -1.99. The smallest absolute Gasteiger partial charge is 0.311 e. The van der Waals surface area contributed by atoms with Crippen LogP contribution in [0.5, 0.6) is 0 Å². The predicted molar refractivity (Wildman–Crippen MR) is 43.2 cm³/mol. The van der Waals surface area contributed by atoms with E-state index in [2.05, 4.69) is 10.9 Å². The normalized spacial score (nSPS) is 8.92. The van der Waals surface area contributed by atoms with Gasteiger partial charge in [-0.1, -0.05) is 5.92 Å². The zero-order valence-electron chi connectivity index (χ0n) is 6.02. The van der Waals surface area contributed by atoms with Gasteiger partial charge in [0.2, 0.25) is 5.82 Å². The highest BCUT2D eigenvalue weighted by molar-refractivity contribution is 5.53. The van der Waals surface area contributed by atoms with Gasteiger partial charge in [0.25, 0.3) is 0 Å². The van der Waals surface area contributed by atoms with Crippen LogP contribution < -0.4 is 5.73 Å². The Hall–Kier alpha value is -2.09. The molecule has 0 aromatic carbocycles. The highest BCUT2D eigenvalue weighted by Gasteiger charge is 2.11. The van der Waals surface area contributed by atoms with Gasteiger partial charge < -0.3 is 5.73 Å². The van der Waals surface area contributed by atoms with E-state index < -0.39 is 4.92 Å². The molecule has 5 heteroatoms. The fourth-order valence-corrected chi connectivity index (χ4v) is 0.702. The zero-order chi connectivity index (χ0) is 9.14. The van der Waals surface area contributed by atoms with Gasteiger partial charge in [-0.3, -0.25) is 10.1 Å². The number of anilines is 1. The molecule has 0 aliphatic heterocycles. The average Bonchev–Trinajstić information content (AvgIpc) is 2.03. The summed E-state index contributed by atoms with van der Waals surface area (Å²) in [5.74, 6) is 2.06. The molecule has 0 spiro atoms. The van der Waals surface area contributed by atoms with E-state index in [1.807, 2.05) is 0 Å². The summed E-state index contributed by atoms with van der Waals surface area (Å²) in [7, 11) is 0. The molecule has 1 aromatic rings. The number of nitro groups is 1. The summed E-state index contributed by atoms with van der Waals surface area (Å²) in [6.07, 6.45) is 5.01. The van der Waals surface area contributed by atoms with Crippen LogP contribution in [0.15, 0.2) is 12.1 Å². The van der Waals surface area contributed by atoms with E-state index in [0.29, 0.717) is 0 Å². The molecule has 1 aromatic heterocycles. The Kier molecular flexibility index (Phi) is 1.92. The molecule has 2 N–H and O–H groups in total. The van der Waals surface area contributed by atoms with Gasteiger partial charge in [0.1, 0.15) is 5.69 Å². The summed E-state index contributed by atoms with van der Waals surface area (Å²) < 4.78 is 0. The minimum absolute atomic E-state index is 0.157. The number of rotatable bonds is 1. The lowest BCUT2D eigenvalue weighted by atomic mass is 10.3. The molecule has 0 aliphatic rings. The SMILES string of the molecule is C#Cc1ccc([N+](=O)[O-])c(N)n1. The molecule has 1 rings (SSSR count). The van der Waals surface area contributed by atoms with Crippen LogP contribution in [0, 0.1) is 22.5 Å². The number of nitrogen functional groups attached to an aromatic ring is 1. The molecule has 60 valence electrons. The third-order valence-electron chi connectivity index (χ3n) is 1.25. The van der Waals surface area contributed by atoms with Gasteiger partial charge in [-0.2, -0.15) is 0 Å². The Morgan fingerprint density at radius 3 is 2.75 bits per heavy atom. The number of pyridine rings is 1. The van der Waals surface area contributed by atoms with Crippen molar-refractivity contribution in [3.63, 3.8) is 0 Å². The van der Waals surface area contributed by atoms with Crippen molar-refractivity contribution in [2.24, 2.45) is 0 Å². The molecule has 0 saturated heterocycles. The van der Waals surface area contributed by atoms with Gasteiger partial charge in [-0.15, -0.1) is 6.42 Å². The van der Waals surface area contributed by atoms with Gasteiger partial charge in [0.15, 0.2) is 0 Å². The maximum atomic E-state index is 10.3. The van der Waals surface area contributed by atoms with Gasteiger partial charge in [0, 0.05) is 6.07 Å². The predicted octanol–water partition coefficient (Wildman–Crippen LogP) is 0.553. The van der Waals surface area contributed by atoms with Crippen LogP contribution in [-0.2, 0) is 0 Å². The van der Waals surface area contributed by atoms with Crippen molar-refractivity contribution in [1.29, 1.82) is 0 Å². The van der Waals surface area contributed by atoms with Crippen LogP contribution in [0.25, 0.3) is 0 Å². The minimum atomic E-state index is -0.609. The van der Waals surface area contributed by atoms with Crippen molar-refractivity contribution >= 4 is 11.5 Å². The van der Waals surface area contributed by atoms with Crippen LogP contribution in [0.4, 0.5) is 11.5 Å². The van der Waals surface area contributed by atoms with Gasteiger partial charge in [-0.05, 0) is 6.07 Å². The average molecular weight is 163 g/mol. The highest BCUT2D eigenvalue weighted by atomic mass is 16.6. The first-order chi connectivity index (χ1) is 5.65. The van der Waals surface area contributed by atoms with Crippen LogP contribution in [0.3, 0.4) is 0 Å². The Morgan fingerprint density at radius 2 is 2.33 bits per heavy atom. The Labute approximate surface area is 68.4 Å². The van der Waals surface area contributed by atoms with Gasteiger partial charge in [-0.25, -0.2) is 4.98 Å². The van der Waals surface area contributed by atoms with Gasteiger partial charge >= 0.3 is 5.69 Å². The number of hydrogen-bond acceptors (Lipinski definition) is 4. The quantitative estimate of drug-likeness (QED) is 0.372. The number of nitrogens with two attached hydrogens (primary N) is 1. The van der Waals surface area contributed by atoms with Crippen molar-refractivity contribution in [3.05, 3.63) is 27.9 Å². The van der Waals surface area contributed by atoms with Crippen molar-refractivity contribution in [2.75, 3.05) is 5.73 Å². The Bertz CT molecular complexity index is 367. The molecule has 0 aliphatic carbocycles. The summed E-state index contributed by atoms with van der Waals surface area (Å²) >= 11 is 0. The molecular weight excluding hydrogens is 158 g/mol. The number of hydrogen-bond donors (Lipinski definition) is 1. The highest BCUT2D eigenvalue weighted by Crippen LogP contribution is 2.17. The number of nitrogens with zero attached hydrogens (tertiary/aromatic N) is 2. The molecular formula is C7H5N3O2. The topological polar surface area (TPSA) is 82.0 Å². The van der Waals surface area contributed by atoms with E-state index in [-0.39, 0.29) is 17.2 Å². The summed E-state index contributed by atoms with van der Waals surface area (Å²) in [4.78, 5) is 13.3. The van der Waals surface area contributed by atoms with E-state index >= 15 is 0 Å². The van der Waals surface area contributed by atoms with E-state index in [1.165, 1.54) is 12.1 Å². The zero-order valence-corrected chi connectivity index (χ0v) is 6.02. The Morgan fingerprint density at radius 1 is 1.67 bits per heavy atom. The maximum Gasteiger partial charge on any atom is 0.311 e. The second-order valence-electron chi connectivity index (χ2n) is 2.00. The lowest BCUT2D eigenvalue weighted by Gasteiger charge is -1.95. The fourth-order valence-electron chi connectivity index (χ4n) is 0.702. The first-order valence-corrected chi connectivity index (χ1v) is 3.02. The second kappa shape index (κ2) is 2.88. The minimum Gasteiger partial charge on any atom is -0.378 e. The Balaban J connectivity index is 3.23. The first kappa shape index (κ1) is 8.01. The largest absolute Gasteiger partial charge is 0.378 e. The fraction of sp³-hybridized carbons (Fsp3) is 0. The first-order valence-electron chi connectivity index (χ1n) is 3.02. The van der Waals surface area contributed by atoms with E-state index in [4.69, 9.17) is 12.2 Å². The van der Waals surface area contributed by atoms with Crippen LogP contribution in [0.2, 0.25) is 0 Å². The van der Waals surface area contributed by atoms with E-state index in [0.717, 1.165) is 0 Å². The lowest BCUT2D eigenvalue weighted by molar-refractivity contribution is -0.384. The maximum absolute atomic E-state index is 10.3. The van der Waals surface area contributed by atoms with Crippen molar-refractivity contribution in [2.45, 2.75) is 0 Å². The number of aromatic nitrogens is 1. The second-order valence-corrected chi connectivity index (χ2v) is 2.00. The molecule has 0 fully saturated rings. The van der Waals surface area contributed by atoms with Gasteiger partial charge in [0.05, 0.1) is 4.92 Å². The van der Waals surface area contributed by atoms with Crippen LogP contribution >= 0.6 is 0 Å². The summed E-state index contributed by atoms with van der Waals surface area (Å²) in [5, 5.41) is 10.3.